The molecule has 0 aliphatic heterocycles. The van der Waals surface area contributed by atoms with Crippen molar-refractivity contribution in [2.45, 2.75) is 9.79 Å². The maximum Gasteiger partial charge on any atom is 0.115 e. The summed E-state index contributed by atoms with van der Waals surface area (Å²) in [6, 6.07) is 65.0. The van der Waals surface area contributed by atoms with Gasteiger partial charge in [-0.1, -0.05) is 173 Å². The number of hydrogen-bond donors (Lipinski definition) is 1. The second-order valence-corrected chi connectivity index (χ2v) is 12.7. The lowest BCUT2D eigenvalue weighted by atomic mass is 9.95. The van der Waals surface area contributed by atoms with Crippen LogP contribution >= 0.6 is 21.6 Å². The molecule has 7 aromatic rings. The second kappa shape index (κ2) is 15.2. The molecule has 0 saturated carbocycles. The van der Waals surface area contributed by atoms with Crippen LogP contribution in [-0.2, 0) is 0 Å². The Labute approximate surface area is 273 Å². The minimum absolute atomic E-state index is 0.322. The third kappa shape index (κ3) is 7.96. The lowest BCUT2D eigenvalue weighted by Gasteiger charge is -2.14. The number of hydrogen-bond acceptors (Lipinski definition) is 3. The second-order valence-electron chi connectivity index (χ2n) is 10.4. The number of rotatable bonds is 7. The van der Waals surface area contributed by atoms with Gasteiger partial charge in [0, 0.05) is 9.79 Å². The molecule has 0 aliphatic carbocycles. The van der Waals surface area contributed by atoms with Crippen molar-refractivity contribution < 1.29 is 5.11 Å². The lowest BCUT2D eigenvalue weighted by Crippen LogP contribution is -1.87. The number of para-hydroxylation sites is 1. The fourth-order valence-electron chi connectivity index (χ4n) is 5.13. The Kier molecular flexibility index (Phi) is 10.1. The summed E-state index contributed by atoms with van der Waals surface area (Å²) in [6.07, 6.45) is 0. The monoisotopic (exact) mass is 616 g/mol. The molecule has 1 nitrogen and oxygen atoms in total. The average Bonchev–Trinajstić information content (AvgIpc) is 3.13. The Bertz CT molecular complexity index is 1800. The molecule has 0 saturated heterocycles. The summed E-state index contributed by atoms with van der Waals surface area (Å²) in [6.45, 7) is 0. The topological polar surface area (TPSA) is 20.2 Å². The van der Waals surface area contributed by atoms with Crippen molar-refractivity contribution in [1.29, 1.82) is 0 Å². The normalized spacial score (nSPS) is 10.5. The van der Waals surface area contributed by atoms with Crippen LogP contribution < -0.4 is 0 Å². The summed E-state index contributed by atoms with van der Waals surface area (Å²) in [5.74, 6) is 0.322. The van der Waals surface area contributed by atoms with Crippen LogP contribution in [0.2, 0.25) is 0 Å². The fourth-order valence-corrected chi connectivity index (χ4v) is 7.10. The van der Waals surface area contributed by atoms with Crippen LogP contribution in [0, 0.1) is 0 Å². The fraction of sp³-hybridized carbons (Fsp3) is 0. The molecule has 0 unspecified atom stereocenters. The minimum atomic E-state index is 0.322. The summed E-state index contributed by atoms with van der Waals surface area (Å²) in [5.41, 5.74) is 9.96. The Morgan fingerprint density at radius 3 is 0.867 bits per heavy atom. The van der Waals surface area contributed by atoms with Crippen LogP contribution in [0.15, 0.2) is 198 Å². The molecule has 0 spiro atoms. The van der Waals surface area contributed by atoms with Gasteiger partial charge in [-0.3, -0.25) is 0 Å². The van der Waals surface area contributed by atoms with Crippen molar-refractivity contribution in [2.24, 2.45) is 0 Å². The summed E-state index contributed by atoms with van der Waals surface area (Å²) in [5, 5.41) is 8.63. The van der Waals surface area contributed by atoms with E-state index in [1.807, 2.05) is 27.7 Å². The highest BCUT2D eigenvalue weighted by Crippen LogP contribution is 2.44. The highest BCUT2D eigenvalue weighted by molar-refractivity contribution is 8.76. The van der Waals surface area contributed by atoms with Gasteiger partial charge >= 0.3 is 0 Å². The molecule has 0 bridgehead atoms. The first kappa shape index (κ1) is 30.1. The molecular formula is C42H32OS2. The van der Waals surface area contributed by atoms with Gasteiger partial charge in [0.1, 0.15) is 5.75 Å². The number of aromatic hydroxyl groups is 1. The van der Waals surface area contributed by atoms with Gasteiger partial charge in [-0.15, -0.1) is 0 Å². The van der Waals surface area contributed by atoms with E-state index in [0.717, 1.165) is 0 Å². The molecular weight excluding hydrogens is 585 g/mol. The summed E-state index contributed by atoms with van der Waals surface area (Å²) >= 11 is 0. The zero-order chi connectivity index (χ0) is 30.7. The van der Waals surface area contributed by atoms with Gasteiger partial charge in [0.15, 0.2) is 0 Å². The maximum absolute atomic E-state index is 8.63. The van der Waals surface area contributed by atoms with Gasteiger partial charge in [-0.25, -0.2) is 0 Å². The predicted molar refractivity (Wildman–Crippen MR) is 194 cm³/mol. The Balaban J connectivity index is 0.000000452. The molecule has 218 valence electrons. The zero-order valence-corrected chi connectivity index (χ0v) is 26.3. The van der Waals surface area contributed by atoms with E-state index in [9.17, 15) is 0 Å². The first-order valence-corrected chi connectivity index (χ1v) is 17.0. The van der Waals surface area contributed by atoms with Crippen molar-refractivity contribution in [3.05, 3.63) is 188 Å². The van der Waals surface area contributed by atoms with E-state index in [1.165, 1.54) is 54.3 Å². The van der Waals surface area contributed by atoms with Crippen molar-refractivity contribution in [3.63, 3.8) is 0 Å². The first-order valence-electron chi connectivity index (χ1n) is 14.8. The molecule has 0 aliphatic rings. The van der Waals surface area contributed by atoms with E-state index in [-0.39, 0.29) is 0 Å². The lowest BCUT2D eigenvalue weighted by molar-refractivity contribution is 0.475. The van der Waals surface area contributed by atoms with Crippen molar-refractivity contribution >= 4 is 21.6 Å². The number of phenolic OH excluding ortho intramolecular Hbond substituents is 1. The average molecular weight is 617 g/mol. The highest BCUT2D eigenvalue weighted by atomic mass is 33.1. The SMILES string of the molecule is Oc1ccccc1.c1ccc(-c2ccc(SSc3ccc(-c4ccccc4)c(-c4ccccc4)c3)cc2-c2ccccc2)cc1. The van der Waals surface area contributed by atoms with Gasteiger partial charge in [0.2, 0.25) is 0 Å². The van der Waals surface area contributed by atoms with Crippen LogP contribution in [0.3, 0.4) is 0 Å². The van der Waals surface area contributed by atoms with E-state index < -0.39 is 0 Å². The van der Waals surface area contributed by atoms with Gasteiger partial charge in [0.25, 0.3) is 0 Å². The molecule has 0 fully saturated rings. The molecule has 45 heavy (non-hydrogen) atoms. The van der Waals surface area contributed by atoms with Crippen molar-refractivity contribution in [2.75, 3.05) is 0 Å². The van der Waals surface area contributed by atoms with E-state index in [1.54, 1.807) is 24.3 Å². The smallest absolute Gasteiger partial charge is 0.115 e. The summed E-state index contributed by atoms with van der Waals surface area (Å²) in [7, 11) is 3.62. The third-order valence-electron chi connectivity index (χ3n) is 7.31. The van der Waals surface area contributed by atoms with Crippen LogP contribution in [0.25, 0.3) is 44.5 Å². The molecule has 0 radical (unpaired) electrons. The van der Waals surface area contributed by atoms with Crippen LogP contribution in [-0.4, -0.2) is 5.11 Å². The van der Waals surface area contributed by atoms with Gasteiger partial charge in [0.05, 0.1) is 0 Å². The van der Waals surface area contributed by atoms with E-state index in [4.69, 9.17) is 5.11 Å². The third-order valence-corrected chi connectivity index (χ3v) is 9.69. The molecule has 7 rings (SSSR count). The molecule has 0 amide bonds. The summed E-state index contributed by atoms with van der Waals surface area (Å²) < 4.78 is 0. The molecule has 7 aromatic carbocycles. The minimum Gasteiger partial charge on any atom is -0.508 e. The van der Waals surface area contributed by atoms with Gasteiger partial charge < -0.3 is 5.11 Å². The Morgan fingerprint density at radius 1 is 0.289 bits per heavy atom. The predicted octanol–water partition coefficient (Wildman–Crippen LogP) is 12.5. The molecule has 3 heteroatoms. The van der Waals surface area contributed by atoms with Crippen LogP contribution in [0.5, 0.6) is 5.75 Å². The highest BCUT2D eigenvalue weighted by Gasteiger charge is 2.12. The Morgan fingerprint density at radius 2 is 0.578 bits per heavy atom. The Hall–Kier alpha value is -4.96. The van der Waals surface area contributed by atoms with Crippen molar-refractivity contribution in [1.82, 2.24) is 0 Å². The van der Waals surface area contributed by atoms with Crippen molar-refractivity contribution in [3.8, 4) is 50.3 Å². The standard InChI is InChI=1S/C36H26S2.C6H6O/c1-5-13-27(14-6-1)33-23-21-31(25-35(33)29-17-9-3-10-18-29)37-38-32-22-24-34(28-15-7-2-8-16-28)36(26-32)30-19-11-4-12-20-30;7-6-4-2-1-3-5-6/h1-26H;1-5,7H. The maximum atomic E-state index is 8.63. The molecule has 0 heterocycles. The molecule has 1 N–H and O–H groups in total. The molecule has 0 atom stereocenters. The first-order chi connectivity index (χ1) is 22.2. The van der Waals surface area contributed by atoms with E-state index in [2.05, 4.69) is 158 Å². The van der Waals surface area contributed by atoms with Gasteiger partial charge in [-0.05, 0) is 80.9 Å². The van der Waals surface area contributed by atoms with Crippen LogP contribution in [0.1, 0.15) is 0 Å². The number of benzene rings is 7. The van der Waals surface area contributed by atoms with E-state index in [0.29, 0.717) is 5.75 Å². The zero-order valence-electron chi connectivity index (χ0n) is 24.7. The van der Waals surface area contributed by atoms with Gasteiger partial charge in [-0.2, -0.15) is 0 Å². The van der Waals surface area contributed by atoms with E-state index >= 15 is 0 Å². The summed E-state index contributed by atoms with van der Waals surface area (Å²) in [4.78, 5) is 2.48. The number of phenols is 1. The molecule has 0 aromatic heterocycles. The quantitative estimate of drug-likeness (QED) is 0.180. The van der Waals surface area contributed by atoms with Crippen LogP contribution in [0.4, 0.5) is 0 Å². The largest absolute Gasteiger partial charge is 0.508 e.